The van der Waals surface area contributed by atoms with Gasteiger partial charge in [-0.25, -0.2) is 4.98 Å². The molecule has 1 heterocycles. The molecule has 6 nitrogen and oxygen atoms in total. The Labute approximate surface area is 150 Å². The van der Waals surface area contributed by atoms with Crippen LogP contribution in [-0.2, 0) is 12.3 Å². The second-order valence-corrected chi connectivity index (χ2v) is 6.23. The molecule has 0 atom stereocenters. The standard InChI is InChI=1S/C18H18N4O2S/c1-24-16-5-3-2-4-15(16)10-19-17(23)14-8-6-13(7-9-14)11-25-18-20-12-21-22-18/h2-9,12H,10-11H2,1H3,(H,19,23)(H,20,21,22). The SMILES string of the molecule is COc1ccccc1CNC(=O)c1ccc(CSc2ncn[nH]2)cc1. The van der Waals surface area contributed by atoms with Crippen LogP contribution in [0.25, 0.3) is 0 Å². The first-order valence-corrected chi connectivity index (χ1v) is 8.72. The number of ether oxygens (including phenoxy) is 1. The summed E-state index contributed by atoms with van der Waals surface area (Å²) in [5.74, 6) is 1.42. The molecule has 0 fully saturated rings. The minimum Gasteiger partial charge on any atom is -0.496 e. The number of H-pyrrole nitrogens is 1. The predicted molar refractivity (Wildman–Crippen MR) is 96.5 cm³/mol. The Kier molecular flexibility index (Phi) is 5.69. The van der Waals surface area contributed by atoms with Crippen LogP contribution in [0.4, 0.5) is 0 Å². The minimum atomic E-state index is -0.111. The van der Waals surface area contributed by atoms with Crippen LogP contribution in [0.2, 0.25) is 0 Å². The monoisotopic (exact) mass is 354 g/mol. The number of nitrogens with zero attached hydrogens (tertiary/aromatic N) is 2. The Morgan fingerprint density at radius 1 is 1.20 bits per heavy atom. The molecule has 0 saturated carbocycles. The Bertz CT molecular complexity index is 819. The van der Waals surface area contributed by atoms with Crippen molar-refractivity contribution < 1.29 is 9.53 Å². The van der Waals surface area contributed by atoms with Crippen LogP contribution < -0.4 is 10.1 Å². The van der Waals surface area contributed by atoms with Gasteiger partial charge in [-0.15, -0.1) is 0 Å². The molecular weight excluding hydrogens is 336 g/mol. The van der Waals surface area contributed by atoms with Crippen LogP contribution in [0.15, 0.2) is 60.0 Å². The van der Waals surface area contributed by atoms with Crippen molar-refractivity contribution in [1.29, 1.82) is 0 Å². The van der Waals surface area contributed by atoms with Crippen LogP contribution in [0.5, 0.6) is 5.75 Å². The molecule has 0 saturated heterocycles. The number of nitrogens with one attached hydrogen (secondary N) is 2. The van der Waals surface area contributed by atoms with E-state index in [0.717, 1.165) is 27.8 Å². The summed E-state index contributed by atoms with van der Waals surface area (Å²) in [5, 5.41) is 10.3. The highest BCUT2D eigenvalue weighted by molar-refractivity contribution is 7.98. The molecule has 128 valence electrons. The van der Waals surface area contributed by atoms with Gasteiger partial charge in [0.25, 0.3) is 5.91 Å². The molecule has 0 spiro atoms. The summed E-state index contributed by atoms with van der Waals surface area (Å²) in [6.45, 7) is 0.423. The van der Waals surface area contributed by atoms with Crippen molar-refractivity contribution in [2.24, 2.45) is 0 Å². The number of hydrogen-bond acceptors (Lipinski definition) is 5. The third kappa shape index (κ3) is 4.60. The molecule has 0 radical (unpaired) electrons. The summed E-state index contributed by atoms with van der Waals surface area (Å²) < 4.78 is 5.29. The summed E-state index contributed by atoms with van der Waals surface area (Å²) in [6.07, 6.45) is 1.48. The maximum absolute atomic E-state index is 12.3. The number of hydrogen-bond donors (Lipinski definition) is 2. The largest absolute Gasteiger partial charge is 0.496 e. The van der Waals surface area contributed by atoms with Gasteiger partial charge in [0.2, 0.25) is 0 Å². The van der Waals surface area contributed by atoms with E-state index in [2.05, 4.69) is 20.5 Å². The summed E-state index contributed by atoms with van der Waals surface area (Å²) in [6, 6.07) is 15.2. The Hall–Kier alpha value is -2.80. The van der Waals surface area contributed by atoms with Crippen LogP contribution in [0.3, 0.4) is 0 Å². The Balaban J connectivity index is 1.55. The van der Waals surface area contributed by atoms with Gasteiger partial charge in [-0.05, 0) is 23.8 Å². The molecular formula is C18H18N4O2S. The van der Waals surface area contributed by atoms with Gasteiger partial charge in [0.1, 0.15) is 12.1 Å². The van der Waals surface area contributed by atoms with Crippen molar-refractivity contribution in [1.82, 2.24) is 20.5 Å². The van der Waals surface area contributed by atoms with Crippen molar-refractivity contribution in [2.45, 2.75) is 17.5 Å². The number of aromatic nitrogens is 3. The molecule has 0 bridgehead atoms. The van der Waals surface area contributed by atoms with Crippen molar-refractivity contribution in [3.63, 3.8) is 0 Å². The van der Waals surface area contributed by atoms with Gasteiger partial charge < -0.3 is 10.1 Å². The zero-order chi connectivity index (χ0) is 17.5. The van der Waals surface area contributed by atoms with Gasteiger partial charge in [-0.3, -0.25) is 9.89 Å². The summed E-state index contributed by atoms with van der Waals surface area (Å²) in [5.41, 5.74) is 2.68. The topological polar surface area (TPSA) is 79.9 Å². The molecule has 0 aliphatic rings. The number of carbonyl (C=O) groups is 1. The number of carbonyl (C=O) groups excluding carboxylic acids is 1. The first-order chi connectivity index (χ1) is 12.3. The normalized spacial score (nSPS) is 10.4. The third-order valence-corrected chi connectivity index (χ3v) is 4.56. The lowest BCUT2D eigenvalue weighted by Crippen LogP contribution is -2.23. The van der Waals surface area contributed by atoms with E-state index in [4.69, 9.17) is 4.74 Å². The lowest BCUT2D eigenvalue weighted by Gasteiger charge is -2.10. The van der Waals surface area contributed by atoms with Gasteiger partial charge in [0, 0.05) is 23.4 Å². The van der Waals surface area contributed by atoms with E-state index in [1.807, 2.05) is 48.5 Å². The van der Waals surface area contributed by atoms with Crippen LogP contribution in [0.1, 0.15) is 21.5 Å². The maximum Gasteiger partial charge on any atom is 0.251 e. The van der Waals surface area contributed by atoms with E-state index in [0.29, 0.717) is 12.1 Å². The third-order valence-electron chi connectivity index (χ3n) is 3.62. The fourth-order valence-electron chi connectivity index (χ4n) is 2.29. The van der Waals surface area contributed by atoms with Gasteiger partial charge >= 0.3 is 0 Å². The van der Waals surface area contributed by atoms with E-state index in [1.165, 1.54) is 6.33 Å². The van der Waals surface area contributed by atoms with Gasteiger partial charge in [0.15, 0.2) is 5.16 Å². The molecule has 0 unspecified atom stereocenters. The zero-order valence-electron chi connectivity index (χ0n) is 13.7. The highest BCUT2D eigenvalue weighted by Gasteiger charge is 2.08. The second-order valence-electron chi connectivity index (χ2n) is 5.27. The summed E-state index contributed by atoms with van der Waals surface area (Å²) >= 11 is 1.56. The first kappa shape index (κ1) is 17.0. The predicted octanol–water partition coefficient (Wildman–Crippen LogP) is 3.04. The van der Waals surface area contributed by atoms with E-state index in [9.17, 15) is 4.79 Å². The summed E-state index contributed by atoms with van der Waals surface area (Å²) in [4.78, 5) is 16.4. The van der Waals surface area contributed by atoms with E-state index >= 15 is 0 Å². The minimum absolute atomic E-state index is 0.111. The maximum atomic E-state index is 12.3. The molecule has 1 aromatic heterocycles. The van der Waals surface area contributed by atoms with E-state index < -0.39 is 0 Å². The number of methoxy groups -OCH3 is 1. The van der Waals surface area contributed by atoms with Gasteiger partial charge in [-0.1, -0.05) is 42.1 Å². The summed E-state index contributed by atoms with van der Waals surface area (Å²) in [7, 11) is 1.62. The second kappa shape index (κ2) is 8.34. The number of benzene rings is 2. The van der Waals surface area contributed by atoms with Gasteiger partial charge in [0.05, 0.1) is 7.11 Å². The average molecular weight is 354 g/mol. The number of rotatable bonds is 7. The van der Waals surface area contributed by atoms with E-state index in [-0.39, 0.29) is 5.91 Å². The Morgan fingerprint density at radius 3 is 2.72 bits per heavy atom. The quantitative estimate of drug-likeness (QED) is 0.638. The highest BCUT2D eigenvalue weighted by atomic mass is 32.2. The van der Waals surface area contributed by atoms with Gasteiger partial charge in [-0.2, -0.15) is 5.10 Å². The average Bonchev–Trinajstić information content (AvgIpc) is 3.18. The molecule has 25 heavy (non-hydrogen) atoms. The smallest absolute Gasteiger partial charge is 0.251 e. The molecule has 2 aromatic carbocycles. The van der Waals surface area contributed by atoms with Crippen molar-refractivity contribution >= 4 is 17.7 Å². The lowest BCUT2D eigenvalue weighted by molar-refractivity contribution is 0.0950. The molecule has 0 aliphatic carbocycles. The number of amides is 1. The van der Waals surface area contributed by atoms with E-state index in [1.54, 1.807) is 18.9 Å². The molecule has 1 amide bonds. The number of para-hydroxylation sites is 1. The molecule has 0 aliphatic heterocycles. The highest BCUT2D eigenvalue weighted by Crippen LogP contribution is 2.19. The van der Waals surface area contributed by atoms with Crippen LogP contribution in [-0.4, -0.2) is 28.2 Å². The van der Waals surface area contributed by atoms with Crippen molar-refractivity contribution in [3.05, 3.63) is 71.5 Å². The molecule has 3 rings (SSSR count). The molecule has 7 heteroatoms. The lowest BCUT2D eigenvalue weighted by atomic mass is 10.1. The fraction of sp³-hybridized carbons (Fsp3) is 0.167. The van der Waals surface area contributed by atoms with Crippen molar-refractivity contribution in [2.75, 3.05) is 7.11 Å². The molecule has 3 aromatic rings. The number of thioether (sulfide) groups is 1. The van der Waals surface area contributed by atoms with Crippen LogP contribution in [0, 0.1) is 0 Å². The van der Waals surface area contributed by atoms with Crippen molar-refractivity contribution in [3.8, 4) is 5.75 Å². The van der Waals surface area contributed by atoms with Crippen LogP contribution >= 0.6 is 11.8 Å². The first-order valence-electron chi connectivity index (χ1n) is 7.73. The fourth-order valence-corrected chi connectivity index (χ4v) is 3.03. The Morgan fingerprint density at radius 2 is 2.00 bits per heavy atom. The zero-order valence-corrected chi connectivity index (χ0v) is 14.5. The number of aromatic amines is 1. The molecule has 2 N–H and O–H groups in total.